The summed E-state index contributed by atoms with van der Waals surface area (Å²) in [6.07, 6.45) is 0.124. The van der Waals surface area contributed by atoms with Gasteiger partial charge in [-0.1, -0.05) is 12.1 Å². The van der Waals surface area contributed by atoms with E-state index in [0.717, 1.165) is 0 Å². The zero-order valence-electron chi connectivity index (χ0n) is 6.66. The van der Waals surface area contributed by atoms with Gasteiger partial charge < -0.3 is 15.2 Å². The fourth-order valence-electron chi connectivity index (χ4n) is 1.44. The lowest BCUT2D eigenvalue weighted by Gasteiger charge is -2.06. The van der Waals surface area contributed by atoms with Gasteiger partial charge in [-0.25, -0.2) is 0 Å². The molecule has 0 saturated carbocycles. The lowest BCUT2D eigenvalue weighted by molar-refractivity contribution is -0.255. The summed E-state index contributed by atoms with van der Waals surface area (Å²) >= 11 is 0. The average molecular weight is 176 g/mol. The third-order valence-electron chi connectivity index (χ3n) is 2.01. The number of carbonyl (C=O) groups excluding carboxylic acids is 2. The highest BCUT2D eigenvalue weighted by Crippen LogP contribution is 2.25. The first-order valence-corrected chi connectivity index (χ1v) is 3.81. The first-order valence-electron chi connectivity index (χ1n) is 3.81. The van der Waals surface area contributed by atoms with Crippen molar-refractivity contribution in [3.8, 4) is 0 Å². The minimum absolute atomic E-state index is 0.0934. The number of aromatic carboxylic acids is 1. The van der Waals surface area contributed by atoms with Crippen LogP contribution in [0.5, 0.6) is 0 Å². The number of carbonyl (C=O) groups is 2. The highest BCUT2D eigenvalue weighted by Gasteiger charge is 2.20. The summed E-state index contributed by atoms with van der Waals surface area (Å²) in [5.74, 6) is -1.42. The quantitative estimate of drug-likeness (QED) is 0.629. The smallest absolute Gasteiger partial charge is 0.228 e. The summed E-state index contributed by atoms with van der Waals surface area (Å²) in [4.78, 5) is 21.6. The molecular weight excluding hydrogens is 170 g/mol. The van der Waals surface area contributed by atoms with Crippen molar-refractivity contribution in [3.05, 3.63) is 29.3 Å². The van der Waals surface area contributed by atoms with Gasteiger partial charge in [-0.15, -0.1) is 0 Å². The van der Waals surface area contributed by atoms with Crippen molar-refractivity contribution in [2.24, 2.45) is 0 Å². The average Bonchev–Trinajstić information content (AvgIpc) is 2.43. The van der Waals surface area contributed by atoms with E-state index in [1.54, 1.807) is 12.1 Å². The Kier molecular flexibility index (Phi) is 1.55. The number of benzene rings is 1. The monoisotopic (exact) mass is 176 g/mol. The SMILES string of the molecule is O=C1Cc2c(cccc2C(=O)[O-])N1. The molecule has 1 N–H and O–H groups in total. The zero-order chi connectivity index (χ0) is 9.42. The standard InChI is InChI=1S/C9H7NO3/c11-8-4-6-5(9(12)13)2-1-3-7(6)10-8/h1-3H,4H2,(H,10,11)(H,12,13)/p-1. The molecule has 0 fully saturated rings. The maximum atomic E-state index is 11.0. The second-order valence-electron chi connectivity index (χ2n) is 2.84. The zero-order valence-corrected chi connectivity index (χ0v) is 6.66. The number of nitrogens with one attached hydrogen (secondary N) is 1. The summed E-state index contributed by atoms with van der Waals surface area (Å²) in [5.41, 5.74) is 1.19. The van der Waals surface area contributed by atoms with Crippen molar-refractivity contribution in [3.63, 3.8) is 0 Å². The van der Waals surface area contributed by atoms with Crippen LogP contribution >= 0.6 is 0 Å². The van der Waals surface area contributed by atoms with Crippen molar-refractivity contribution in [1.29, 1.82) is 0 Å². The van der Waals surface area contributed by atoms with E-state index in [1.807, 2.05) is 0 Å². The maximum absolute atomic E-state index is 11.0. The third-order valence-corrected chi connectivity index (χ3v) is 2.01. The lowest BCUT2D eigenvalue weighted by Crippen LogP contribution is -2.23. The Morgan fingerprint density at radius 2 is 2.23 bits per heavy atom. The Balaban J connectivity index is 2.57. The van der Waals surface area contributed by atoms with Crippen molar-refractivity contribution < 1.29 is 14.7 Å². The molecule has 13 heavy (non-hydrogen) atoms. The molecule has 1 amide bonds. The second kappa shape index (κ2) is 2.58. The number of amides is 1. The number of fused-ring (bicyclic) bond motifs is 1. The lowest BCUT2D eigenvalue weighted by atomic mass is 10.1. The van der Waals surface area contributed by atoms with Crippen molar-refractivity contribution in [2.45, 2.75) is 6.42 Å². The van der Waals surface area contributed by atoms with Crippen molar-refractivity contribution in [2.75, 3.05) is 5.32 Å². The molecule has 0 bridgehead atoms. The van der Waals surface area contributed by atoms with Gasteiger partial charge in [0.05, 0.1) is 12.4 Å². The maximum Gasteiger partial charge on any atom is 0.228 e. The van der Waals surface area contributed by atoms with E-state index in [4.69, 9.17) is 0 Å². The Bertz CT molecular complexity index is 398. The topological polar surface area (TPSA) is 69.2 Å². The second-order valence-corrected chi connectivity index (χ2v) is 2.84. The summed E-state index contributed by atoms with van der Waals surface area (Å²) in [7, 11) is 0. The van der Waals surface area contributed by atoms with Crippen LogP contribution in [0.4, 0.5) is 5.69 Å². The van der Waals surface area contributed by atoms with Gasteiger partial charge in [-0.05, 0) is 11.6 Å². The summed E-state index contributed by atoms with van der Waals surface area (Å²) < 4.78 is 0. The van der Waals surface area contributed by atoms with Gasteiger partial charge in [0, 0.05) is 11.3 Å². The van der Waals surface area contributed by atoms with Crippen molar-refractivity contribution >= 4 is 17.6 Å². The van der Waals surface area contributed by atoms with Gasteiger partial charge in [0.1, 0.15) is 0 Å². The minimum atomic E-state index is -1.24. The predicted octanol–water partition coefficient (Wildman–Crippen LogP) is -0.455. The molecule has 0 atom stereocenters. The number of carboxylic acids is 1. The Labute approximate surface area is 74.2 Å². The largest absolute Gasteiger partial charge is 0.545 e. The number of carboxylic acid groups (broad SMARTS) is 1. The van der Waals surface area contributed by atoms with Crippen LogP contribution in [0, 0.1) is 0 Å². The highest BCUT2D eigenvalue weighted by molar-refractivity contribution is 6.03. The molecule has 0 aromatic heterocycles. The van der Waals surface area contributed by atoms with E-state index in [-0.39, 0.29) is 17.9 Å². The van der Waals surface area contributed by atoms with Gasteiger partial charge in [0.15, 0.2) is 0 Å². The van der Waals surface area contributed by atoms with Crippen LogP contribution < -0.4 is 10.4 Å². The molecule has 1 heterocycles. The number of hydrogen-bond acceptors (Lipinski definition) is 3. The predicted molar refractivity (Wildman–Crippen MR) is 43.1 cm³/mol. The minimum Gasteiger partial charge on any atom is -0.545 e. The van der Waals surface area contributed by atoms with Gasteiger partial charge in [-0.3, -0.25) is 4.79 Å². The molecule has 0 saturated heterocycles. The van der Waals surface area contributed by atoms with Gasteiger partial charge in [0.25, 0.3) is 0 Å². The molecule has 4 heteroatoms. The number of rotatable bonds is 1. The van der Waals surface area contributed by atoms with Crippen LogP contribution in [0.2, 0.25) is 0 Å². The normalized spacial score (nSPS) is 13.7. The first kappa shape index (κ1) is 7.79. The molecule has 0 unspecified atom stereocenters. The van der Waals surface area contributed by atoms with Crippen LogP contribution in [0.15, 0.2) is 18.2 Å². The van der Waals surface area contributed by atoms with Crippen LogP contribution in [-0.4, -0.2) is 11.9 Å². The molecule has 0 aliphatic carbocycles. The van der Waals surface area contributed by atoms with Gasteiger partial charge in [-0.2, -0.15) is 0 Å². The molecule has 1 aliphatic heterocycles. The first-order chi connectivity index (χ1) is 6.18. The van der Waals surface area contributed by atoms with E-state index in [2.05, 4.69) is 5.32 Å². The fourth-order valence-corrected chi connectivity index (χ4v) is 1.44. The van der Waals surface area contributed by atoms with E-state index < -0.39 is 5.97 Å². The molecular formula is C9H6NO3-. The van der Waals surface area contributed by atoms with Crippen LogP contribution in [0.25, 0.3) is 0 Å². The van der Waals surface area contributed by atoms with E-state index in [0.29, 0.717) is 11.3 Å². The number of anilines is 1. The van der Waals surface area contributed by atoms with Crippen molar-refractivity contribution in [1.82, 2.24) is 0 Å². The van der Waals surface area contributed by atoms with Gasteiger partial charge >= 0.3 is 0 Å². The summed E-state index contributed by atoms with van der Waals surface area (Å²) in [6.45, 7) is 0. The van der Waals surface area contributed by atoms with E-state index in [9.17, 15) is 14.7 Å². The van der Waals surface area contributed by atoms with E-state index in [1.165, 1.54) is 6.07 Å². The summed E-state index contributed by atoms with van der Waals surface area (Å²) in [5, 5.41) is 13.2. The van der Waals surface area contributed by atoms with Gasteiger partial charge in [0.2, 0.25) is 5.91 Å². The number of hydrogen-bond donors (Lipinski definition) is 1. The van der Waals surface area contributed by atoms with E-state index >= 15 is 0 Å². The third kappa shape index (κ3) is 1.16. The molecule has 66 valence electrons. The Morgan fingerprint density at radius 1 is 1.46 bits per heavy atom. The van der Waals surface area contributed by atoms with Crippen LogP contribution in [-0.2, 0) is 11.2 Å². The molecule has 4 nitrogen and oxygen atoms in total. The fraction of sp³-hybridized carbons (Fsp3) is 0.111. The van der Waals surface area contributed by atoms with Crippen LogP contribution in [0.1, 0.15) is 15.9 Å². The molecule has 0 radical (unpaired) electrons. The summed E-state index contributed by atoms with van der Waals surface area (Å²) in [6, 6.07) is 4.69. The molecule has 1 aliphatic rings. The molecule has 2 rings (SSSR count). The molecule has 0 spiro atoms. The Hall–Kier alpha value is -1.84. The Morgan fingerprint density at radius 3 is 2.92 bits per heavy atom. The molecule has 1 aromatic rings. The highest BCUT2D eigenvalue weighted by atomic mass is 16.4. The molecule has 1 aromatic carbocycles. The van der Waals surface area contributed by atoms with Crippen LogP contribution in [0.3, 0.4) is 0 Å².